The second-order valence-corrected chi connectivity index (χ2v) is 4.17. The van der Waals surface area contributed by atoms with Gasteiger partial charge in [-0.15, -0.1) is 0 Å². The monoisotopic (exact) mass is 184 g/mol. The summed E-state index contributed by atoms with van der Waals surface area (Å²) in [6, 6.07) is 0.478. The Morgan fingerprint density at radius 1 is 1.42 bits per heavy atom. The number of hydrogen-bond donors (Lipinski definition) is 1. The molecule has 0 radical (unpaired) electrons. The predicted octanol–water partition coefficient (Wildman–Crippen LogP) is 1.15. The first-order chi connectivity index (χ1) is 5.84. The Morgan fingerprint density at radius 3 is 2.75 bits per heavy atom. The molecule has 0 atom stereocenters. The second kappa shape index (κ2) is 3.47. The molecule has 0 spiro atoms. The molecule has 0 aromatic heterocycles. The van der Waals surface area contributed by atoms with Crippen molar-refractivity contribution in [1.82, 2.24) is 5.32 Å². The van der Waals surface area contributed by atoms with Crippen LogP contribution in [0.4, 0.5) is 0 Å². The Hall–Kier alpha value is -0.510. The minimum atomic E-state index is 0.0942. The summed E-state index contributed by atoms with van der Waals surface area (Å²) in [5.74, 6) is 0.641. The number of rotatable bonds is 1. The summed E-state index contributed by atoms with van der Waals surface area (Å²) in [6.07, 6.45) is 4.97. The van der Waals surface area contributed by atoms with Gasteiger partial charge in [-0.05, 0) is 12.8 Å². The number of carbonyl (C=O) groups is 1. The molecule has 1 aliphatic heterocycles. The van der Waals surface area contributed by atoms with Crippen molar-refractivity contribution in [2.24, 2.45) is 4.99 Å². The minimum absolute atomic E-state index is 0.0942. The molecule has 2 rings (SSSR count). The van der Waals surface area contributed by atoms with Crippen molar-refractivity contribution < 1.29 is 4.79 Å². The smallest absolute Gasteiger partial charge is 0.236 e. The van der Waals surface area contributed by atoms with Crippen LogP contribution < -0.4 is 5.32 Å². The quantitative estimate of drug-likeness (QED) is 0.664. The summed E-state index contributed by atoms with van der Waals surface area (Å²) < 4.78 is 0. The van der Waals surface area contributed by atoms with Gasteiger partial charge in [-0.3, -0.25) is 9.79 Å². The molecule has 1 amide bonds. The fraction of sp³-hybridized carbons (Fsp3) is 0.750. The van der Waals surface area contributed by atoms with Gasteiger partial charge in [-0.1, -0.05) is 24.6 Å². The number of hydrogen-bond acceptors (Lipinski definition) is 3. The number of nitrogens with one attached hydrogen (secondary N) is 1. The van der Waals surface area contributed by atoms with Crippen molar-refractivity contribution >= 4 is 22.8 Å². The van der Waals surface area contributed by atoms with Gasteiger partial charge in [0, 0.05) is 0 Å². The van der Waals surface area contributed by atoms with Crippen molar-refractivity contribution in [1.29, 1.82) is 0 Å². The van der Waals surface area contributed by atoms with Crippen molar-refractivity contribution in [3.63, 3.8) is 0 Å². The second-order valence-electron chi connectivity index (χ2n) is 3.21. The van der Waals surface area contributed by atoms with Gasteiger partial charge in [-0.2, -0.15) is 0 Å². The number of nitrogens with zero attached hydrogens (tertiary/aromatic N) is 1. The Kier molecular flexibility index (Phi) is 2.35. The van der Waals surface area contributed by atoms with E-state index in [0.717, 1.165) is 5.17 Å². The third-order valence-corrected chi connectivity index (χ3v) is 3.10. The van der Waals surface area contributed by atoms with Crippen molar-refractivity contribution in [3.05, 3.63) is 0 Å². The van der Waals surface area contributed by atoms with E-state index in [4.69, 9.17) is 0 Å². The third-order valence-electron chi connectivity index (χ3n) is 2.21. The summed E-state index contributed by atoms with van der Waals surface area (Å²) in [4.78, 5) is 15.3. The molecule has 0 aromatic carbocycles. The van der Waals surface area contributed by atoms with Crippen LogP contribution in [0.25, 0.3) is 0 Å². The summed E-state index contributed by atoms with van der Waals surface area (Å²) in [5, 5.41) is 3.59. The fourth-order valence-electron chi connectivity index (χ4n) is 1.59. The zero-order valence-corrected chi connectivity index (χ0v) is 7.69. The van der Waals surface area contributed by atoms with E-state index in [9.17, 15) is 4.79 Å². The van der Waals surface area contributed by atoms with Crippen LogP contribution in [0, 0.1) is 0 Å². The first-order valence-electron chi connectivity index (χ1n) is 4.35. The standard InChI is InChI=1S/C8H12N2OS/c11-7-5-12-8(10-7)9-6-3-1-2-4-6/h6H,1-5H2,(H,9,10,11). The molecule has 1 N–H and O–H groups in total. The van der Waals surface area contributed by atoms with Gasteiger partial charge in [0.2, 0.25) is 5.91 Å². The zero-order chi connectivity index (χ0) is 8.39. The maximum absolute atomic E-state index is 10.8. The number of amides is 1. The minimum Gasteiger partial charge on any atom is -0.305 e. The molecule has 3 nitrogen and oxygen atoms in total. The highest BCUT2D eigenvalue weighted by molar-refractivity contribution is 8.15. The molecule has 1 saturated heterocycles. The van der Waals surface area contributed by atoms with Crippen LogP contribution in [0.15, 0.2) is 4.99 Å². The molecule has 0 aromatic rings. The Bertz CT molecular complexity index is 221. The van der Waals surface area contributed by atoms with Gasteiger partial charge < -0.3 is 5.32 Å². The van der Waals surface area contributed by atoms with Crippen LogP contribution in [-0.2, 0) is 4.79 Å². The van der Waals surface area contributed by atoms with Crippen LogP contribution in [0.3, 0.4) is 0 Å². The van der Waals surface area contributed by atoms with Gasteiger partial charge in [0.05, 0.1) is 11.8 Å². The average molecular weight is 184 g/mol. The fourth-order valence-corrected chi connectivity index (χ4v) is 2.34. The molecule has 4 heteroatoms. The highest BCUT2D eigenvalue weighted by Gasteiger charge is 2.20. The van der Waals surface area contributed by atoms with Crippen molar-refractivity contribution in [2.45, 2.75) is 31.7 Å². The van der Waals surface area contributed by atoms with Gasteiger partial charge in [0.25, 0.3) is 0 Å². The van der Waals surface area contributed by atoms with E-state index in [2.05, 4.69) is 10.3 Å². The maximum atomic E-state index is 10.8. The molecule has 1 heterocycles. The van der Waals surface area contributed by atoms with Crippen LogP contribution in [-0.4, -0.2) is 22.9 Å². The highest BCUT2D eigenvalue weighted by atomic mass is 32.2. The molecular weight excluding hydrogens is 172 g/mol. The highest BCUT2D eigenvalue weighted by Crippen LogP contribution is 2.22. The van der Waals surface area contributed by atoms with E-state index in [1.165, 1.54) is 37.4 Å². The zero-order valence-electron chi connectivity index (χ0n) is 6.88. The van der Waals surface area contributed by atoms with Crippen LogP contribution >= 0.6 is 11.8 Å². The Balaban J connectivity index is 1.94. The lowest BCUT2D eigenvalue weighted by Crippen LogP contribution is -2.21. The largest absolute Gasteiger partial charge is 0.305 e. The molecule has 0 unspecified atom stereocenters. The van der Waals surface area contributed by atoms with E-state index in [1.807, 2.05) is 0 Å². The molecule has 2 fully saturated rings. The molecular formula is C8H12N2OS. The van der Waals surface area contributed by atoms with E-state index in [0.29, 0.717) is 11.8 Å². The van der Waals surface area contributed by atoms with E-state index < -0.39 is 0 Å². The molecule has 66 valence electrons. The average Bonchev–Trinajstić information content (AvgIpc) is 2.63. The van der Waals surface area contributed by atoms with Gasteiger partial charge >= 0.3 is 0 Å². The summed E-state index contributed by atoms with van der Waals surface area (Å²) >= 11 is 1.53. The molecule has 0 bridgehead atoms. The predicted molar refractivity (Wildman–Crippen MR) is 50.3 cm³/mol. The number of thioether (sulfide) groups is 1. The maximum Gasteiger partial charge on any atom is 0.236 e. The first-order valence-corrected chi connectivity index (χ1v) is 5.33. The lowest BCUT2D eigenvalue weighted by Gasteiger charge is -2.02. The molecule has 2 aliphatic rings. The van der Waals surface area contributed by atoms with E-state index in [-0.39, 0.29) is 5.91 Å². The summed E-state index contributed by atoms with van der Waals surface area (Å²) in [5.41, 5.74) is 0. The molecule has 12 heavy (non-hydrogen) atoms. The van der Waals surface area contributed by atoms with Crippen LogP contribution in [0.5, 0.6) is 0 Å². The summed E-state index contributed by atoms with van der Waals surface area (Å²) in [6.45, 7) is 0. The topological polar surface area (TPSA) is 41.5 Å². The lowest BCUT2D eigenvalue weighted by molar-refractivity contribution is -0.116. The van der Waals surface area contributed by atoms with E-state index in [1.54, 1.807) is 0 Å². The van der Waals surface area contributed by atoms with Crippen LogP contribution in [0.1, 0.15) is 25.7 Å². The lowest BCUT2D eigenvalue weighted by atomic mass is 10.3. The first kappa shape index (κ1) is 8.10. The number of amidine groups is 1. The van der Waals surface area contributed by atoms with Crippen molar-refractivity contribution in [2.75, 3.05) is 5.75 Å². The Morgan fingerprint density at radius 2 is 2.17 bits per heavy atom. The number of aliphatic imine (C=N–C) groups is 1. The third kappa shape index (κ3) is 1.80. The van der Waals surface area contributed by atoms with Gasteiger partial charge in [0.1, 0.15) is 0 Å². The van der Waals surface area contributed by atoms with E-state index >= 15 is 0 Å². The number of carbonyl (C=O) groups excluding carboxylic acids is 1. The van der Waals surface area contributed by atoms with Gasteiger partial charge in [0.15, 0.2) is 5.17 Å². The van der Waals surface area contributed by atoms with Crippen LogP contribution in [0.2, 0.25) is 0 Å². The van der Waals surface area contributed by atoms with Crippen molar-refractivity contribution in [3.8, 4) is 0 Å². The molecule has 1 aliphatic carbocycles. The van der Waals surface area contributed by atoms with Gasteiger partial charge in [-0.25, -0.2) is 0 Å². The summed E-state index contributed by atoms with van der Waals surface area (Å²) in [7, 11) is 0. The molecule has 1 saturated carbocycles. The normalized spacial score (nSPS) is 28.3. The SMILES string of the molecule is O=C1CSC(=NC2CCCC2)N1. The Labute approximate surface area is 76.0 Å².